The number of anilines is 1. The highest BCUT2D eigenvalue weighted by Crippen LogP contribution is 2.26. The zero-order valence-electron chi connectivity index (χ0n) is 15.8. The molecule has 7 heteroatoms. The smallest absolute Gasteiger partial charge is 0.282 e. The van der Waals surface area contributed by atoms with Gasteiger partial charge in [0.25, 0.3) is 17.5 Å². The Bertz CT molecular complexity index is 891. The lowest BCUT2D eigenvalue weighted by atomic mass is 9.95. The molecule has 2 aromatic rings. The van der Waals surface area contributed by atoms with E-state index in [1.54, 1.807) is 30.3 Å². The summed E-state index contributed by atoms with van der Waals surface area (Å²) in [5.74, 6) is -0.769. The van der Waals surface area contributed by atoms with Gasteiger partial charge in [0.05, 0.1) is 16.2 Å². The van der Waals surface area contributed by atoms with Gasteiger partial charge < -0.3 is 10.2 Å². The maximum absolute atomic E-state index is 12.9. The quantitative estimate of drug-likeness (QED) is 0.627. The van der Waals surface area contributed by atoms with Crippen LogP contribution in [0.5, 0.6) is 0 Å². The molecule has 2 amide bonds. The number of nitro groups is 1. The summed E-state index contributed by atoms with van der Waals surface area (Å²) in [6.45, 7) is 0. The Morgan fingerprint density at radius 2 is 1.61 bits per heavy atom. The van der Waals surface area contributed by atoms with Gasteiger partial charge in [-0.25, -0.2) is 0 Å². The molecule has 0 unspecified atom stereocenters. The van der Waals surface area contributed by atoms with E-state index in [0.717, 1.165) is 25.7 Å². The van der Waals surface area contributed by atoms with Crippen molar-refractivity contribution in [1.29, 1.82) is 0 Å². The third-order valence-corrected chi connectivity index (χ3v) is 5.09. The summed E-state index contributed by atoms with van der Waals surface area (Å²) in [4.78, 5) is 37.7. The molecular weight excluding hydrogens is 358 g/mol. The minimum Gasteiger partial charge on any atom is -0.349 e. The normalized spacial score (nSPS) is 14.3. The average Bonchev–Trinajstić information content (AvgIpc) is 2.73. The van der Waals surface area contributed by atoms with Crippen molar-refractivity contribution in [2.45, 2.75) is 38.1 Å². The summed E-state index contributed by atoms with van der Waals surface area (Å²) in [5, 5.41) is 14.3. The number of hydrogen-bond donors (Lipinski definition) is 1. The highest BCUT2D eigenvalue weighted by Gasteiger charge is 2.26. The SMILES string of the molecule is CN(C(=O)c1ccccc1[N+](=O)[O-])c1ccccc1C(=O)NC1CCCCC1. The first-order valence-electron chi connectivity index (χ1n) is 9.40. The van der Waals surface area contributed by atoms with Gasteiger partial charge in [0.15, 0.2) is 0 Å². The predicted molar refractivity (Wildman–Crippen MR) is 107 cm³/mol. The molecule has 1 aliphatic rings. The van der Waals surface area contributed by atoms with Crippen molar-refractivity contribution in [3.05, 3.63) is 69.8 Å². The van der Waals surface area contributed by atoms with Gasteiger partial charge in [-0.05, 0) is 31.0 Å². The molecule has 7 nitrogen and oxygen atoms in total. The van der Waals surface area contributed by atoms with Crippen LogP contribution in [0.1, 0.15) is 52.8 Å². The highest BCUT2D eigenvalue weighted by molar-refractivity contribution is 6.11. The lowest BCUT2D eigenvalue weighted by Crippen LogP contribution is -2.37. The molecule has 0 heterocycles. The van der Waals surface area contributed by atoms with Crippen molar-refractivity contribution < 1.29 is 14.5 Å². The monoisotopic (exact) mass is 381 g/mol. The van der Waals surface area contributed by atoms with Crippen LogP contribution >= 0.6 is 0 Å². The number of hydrogen-bond acceptors (Lipinski definition) is 4. The molecule has 28 heavy (non-hydrogen) atoms. The number of nitrogens with one attached hydrogen (secondary N) is 1. The van der Waals surface area contributed by atoms with E-state index in [2.05, 4.69) is 5.32 Å². The first-order chi connectivity index (χ1) is 13.5. The largest absolute Gasteiger partial charge is 0.349 e. The van der Waals surface area contributed by atoms with E-state index < -0.39 is 10.8 Å². The predicted octanol–water partition coefficient (Wildman–Crippen LogP) is 3.93. The molecule has 1 saturated carbocycles. The molecular formula is C21H23N3O4. The van der Waals surface area contributed by atoms with Crippen LogP contribution in [-0.2, 0) is 0 Å². The molecule has 0 bridgehead atoms. The van der Waals surface area contributed by atoms with Gasteiger partial charge in [0, 0.05) is 19.2 Å². The maximum Gasteiger partial charge on any atom is 0.282 e. The van der Waals surface area contributed by atoms with Crippen LogP contribution in [0.4, 0.5) is 11.4 Å². The third kappa shape index (κ3) is 4.19. The van der Waals surface area contributed by atoms with E-state index in [1.165, 1.54) is 36.6 Å². The van der Waals surface area contributed by atoms with Gasteiger partial charge in [-0.2, -0.15) is 0 Å². The van der Waals surface area contributed by atoms with E-state index in [-0.39, 0.29) is 23.2 Å². The Morgan fingerprint density at radius 3 is 2.29 bits per heavy atom. The van der Waals surface area contributed by atoms with Crippen LogP contribution in [-0.4, -0.2) is 29.8 Å². The highest BCUT2D eigenvalue weighted by atomic mass is 16.6. The molecule has 2 aromatic carbocycles. The lowest BCUT2D eigenvalue weighted by Gasteiger charge is -2.25. The molecule has 3 rings (SSSR count). The fraction of sp³-hybridized carbons (Fsp3) is 0.333. The van der Waals surface area contributed by atoms with Crippen molar-refractivity contribution in [3.8, 4) is 0 Å². The molecule has 146 valence electrons. The van der Waals surface area contributed by atoms with Crippen LogP contribution < -0.4 is 10.2 Å². The molecule has 0 atom stereocenters. The van der Waals surface area contributed by atoms with Crippen molar-refractivity contribution in [2.75, 3.05) is 11.9 Å². The summed E-state index contributed by atoms with van der Waals surface area (Å²) in [6, 6.07) is 12.8. The second-order valence-electron chi connectivity index (χ2n) is 6.96. The van der Waals surface area contributed by atoms with Gasteiger partial charge in [0.1, 0.15) is 5.56 Å². The number of benzene rings is 2. The standard InChI is InChI=1S/C21H23N3O4/c1-23(21(26)17-12-6-8-14-19(17)24(27)28)18-13-7-5-11-16(18)20(25)22-15-9-3-2-4-10-15/h5-8,11-15H,2-4,9-10H2,1H3,(H,22,25). The molecule has 0 saturated heterocycles. The maximum atomic E-state index is 12.9. The first kappa shape index (κ1) is 19.5. The fourth-order valence-electron chi connectivity index (χ4n) is 3.57. The summed E-state index contributed by atoms with van der Waals surface area (Å²) in [7, 11) is 1.52. The Kier molecular flexibility index (Phi) is 6.03. The minimum absolute atomic E-state index is 0.0162. The van der Waals surface area contributed by atoms with E-state index in [0.29, 0.717) is 11.3 Å². The van der Waals surface area contributed by atoms with E-state index >= 15 is 0 Å². The number of carbonyl (C=O) groups excluding carboxylic acids is 2. The molecule has 1 aliphatic carbocycles. The van der Waals surface area contributed by atoms with Gasteiger partial charge in [-0.1, -0.05) is 43.5 Å². The number of rotatable bonds is 5. The average molecular weight is 381 g/mol. The molecule has 0 aromatic heterocycles. The molecule has 0 aliphatic heterocycles. The summed E-state index contributed by atoms with van der Waals surface area (Å²) in [5.41, 5.74) is 0.516. The fourth-order valence-corrected chi connectivity index (χ4v) is 3.57. The van der Waals surface area contributed by atoms with Crippen LogP contribution in [0.2, 0.25) is 0 Å². The lowest BCUT2D eigenvalue weighted by molar-refractivity contribution is -0.385. The third-order valence-electron chi connectivity index (χ3n) is 5.09. The molecule has 1 fully saturated rings. The number of para-hydroxylation sites is 2. The minimum atomic E-state index is -0.581. The van der Waals surface area contributed by atoms with Crippen molar-refractivity contribution in [1.82, 2.24) is 5.32 Å². The zero-order chi connectivity index (χ0) is 20.1. The topological polar surface area (TPSA) is 92.6 Å². The van der Waals surface area contributed by atoms with Crippen LogP contribution in [0.15, 0.2) is 48.5 Å². The van der Waals surface area contributed by atoms with Gasteiger partial charge in [-0.3, -0.25) is 19.7 Å². The van der Waals surface area contributed by atoms with Crippen LogP contribution in [0.3, 0.4) is 0 Å². The van der Waals surface area contributed by atoms with Gasteiger partial charge in [0.2, 0.25) is 0 Å². The Morgan fingerprint density at radius 1 is 1.00 bits per heavy atom. The Hall–Kier alpha value is -3.22. The van der Waals surface area contributed by atoms with E-state index in [4.69, 9.17) is 0 Å². The van der Waals surface area contributed by atoms with E-state index in [1.807, 2.05) is 0 Å². The Labute approximate surface area is 163 Å². The van der Waals surface area contributed by atoms with Gasteiger partial charge >= 0.3 is 0 Å². The second-order valence-corrected chi connectivity index (χ2v) is 6.96. The number of nitrogens with zero attached hydrogens (tertiary/aromatic N) is 2. The molecule has 0 radical (unpaired) electrons. The van der Waals surface area contributed by atoms with Crippen molar-refractivity contribution in [3.63, 3.8) is 0 Å². The summed E-state index contributed by atoms with van der Waals surface area (Å²) >= 11 is 0. The van der Waals surface area contributed by atoms with Crippen molar-refractivity contribution >= 4 is 23.2 Å². The number of nitro benzene ring substituents is 1. The number of amides is 2. The van der Waals surface area contributed by atoms with Crippen LogP contribution in [0.25, 0.3) is 0 Å². The zero-order valence-corrected chi connectivity index (χ0v) is 15.8. The summed E-state index contributed by atoms with van der Waals surface area (Å²) < 4.78 is 0. The molecule has 1 N–H and O–H groups in total. The number of carbonyl (C=O) groups is 2. The van der Waals surface area contributed by atoms with Crippen LogP contribution in [0, 0.1) is 10.1 Å². The second kappa shape index (κ2) is 8.65. The Balaban J connectivity index is 1.86. The van der Waals surface area contributed by atoms with E-state index in [9.17, 15) is 19.7 Å². The van der Waals surface area contributed by atoms with Crippen molar-refractivity contribution in [2.24, 2.45) is 0 Å². The first-order valence-corrected chi connectivity index (χ1v) is 9.40. The molecule has 0 spiro atoms. The summed E-state index contributed by atoms with van der Waals surface area (Å²) in [6.07, 6.45) is 5.30. The van der Waals surface area contributed by atoms with Gasteiger partial charge in [-0.15, -0.1) is 0 Å².